The molecule has 2 N–H and O–H groups in total. The molecule has 114 valence electrons. The maximum absolute atomic E-state index is 12.6. The van der Waals surface area contributed by atoms with E-state index in [9.17, 15) is 13.2 Å². The van der Waals surface area contributed by atoms with Crippen LogP contribution in [0.2, 0.25) is 19.6 Å². The van der Waals surface area contributed by atoms with Crippen LogP contribution in [0.15, 0.2) is 24.3 Å². The molecule has 0 bridgehead atoms. The fourth-order valence-electron chi connectivity index (χ4n) is 1.86. The van der Waals surface area contributed by atoms with E-state index in [1.54, 1.807) is 0 Å². The minimum Gasteiger partial charge on any atom is -0.409 e. The predicted octanol–water partition coefficient (Wildman–Crippen LogP) is 4.34. The van der Waals surface area contributed by atoms with Gasteiger partial charge in [-0.1, -0.05) is 19.1 Å². The Balaban J connectivity index is 3.03. The Morgan fingerprint density at radius 2 is 1.65 bits per heavy atom. The predicted molar refractivity (Wildman–Crippen MR) is 76.9 cm³/mol. The SMILES string of the molecule is CCC(N)C(O[Si](C)(C)C)c1ccc(C(F)(F)F)cc1. The number of benzene rings is 1. The maximum Gasteiger partial charge on any atom is 0.416 e. The summed E-state index contributed by atoms with van der Waals surface area (Å²) in [6.07, 6.45) is -3.97. The lowest BCUT2D eigenvalue weighted by Gasteiger charge is -2.30. The highest BCUT2D eigenvalue weighted by molar-refractivity contribution is 6.69. The van der Waals surface area contributed by atoms with E-state index in [2.05, 4.69) is 0 Å². The van der Waals surface area contributed by atoms with E-state index in [0.29, 0.717) is 12.0 Å². The second kappa shape index (κ2) is 6.28. The van der Waals surface area contributed by atoms with Crippen LogP contribution in [-0.4, -0.2) is 14.4 Å². The zero-order valence-corrected chi connectivity index (χ0v) is 13.3. The summed E-state index contributed by atoms with van der Waals surface area (Å²) in [7, 11) is -1.83. The van der Waals surface area contributed by atoms with E-state index in [-0.39, 0.29) is 12.1 Å². The summed E-state index contributed by atoms with van der Waals surface area (Å²) < 4.78 is 43.7. The summed E-state index contributed by atoms with van der Waals surface area (Å²) in [5, 5.41) is 0. The Labute approximate surface area is 119 Å². The molecule has 6 heteroatoms. The van der Waals surface area contributed by atoms with Crippen LogP contribution in [0.1, 0.15) is 30.6 Å². The molecule has 1 aromatic rings. The van der Waals surface area contributed by atoms with Crippen molar-refractivity contribution in [3.8, 4) is 0 Å². The molecule has 0 aliphatic carbocycles. The van der Waals surface area contributed by atoms with Gasteiger partial charge in [0.2, 0.25) is 0 Å². The van der Waals surface area contributed by atoms with Crippen LogP contribution in [-0.2, 0) is 10.6 Å². The number of halogens is 3. The fourth-order valence-corrected chi connectivity index (χ4v) is 2.93. The van der Waals surface area contributed by atoms with E-state index < -0.39 is 20.1 Å². The highest BCUT2D eigenvalue weighted by Gasteiger charge is 2.31. The Morgan fingerprint density at radius 3 is 2.00 bits per heavy atom. The quantitative estimate of drug-likeness (QED) is 0.822. The van der Waals surface area contributed by atoms with Crippen molar-refractivity contribution >= 4 is 8.32 Å². The second-order valence-corrected chi connectivity index (χ2v) is 10.3. The zero-order chi connectivity index (χ0) is 15.6. The van der Waals surface area contributed by atoms with Crippen molar-refractivity contribution < 1.29 is 17.6 Å². The van der Waals surface area contributed by atoms with Gasteiger partial charge in [-0.15, -0.1) is 0 Å². The molecule has 0 aliphatic heterocycles. The van der Waals surface area contributed by atoms with Gasteiger partial charge in [-0.05, 0) is 43.8 Å². The molecule has 0 fully saturated rings. The third-order valence-electron chi connectivity index (χ3n) is 2.91. The van der Waals surface area contributed by atoms with Crippen molar-refractivity contribution in [2.75, 3.05) is 0 Å². The van der Waals surface area contributed by atoms with Crippen molar-refractivity contribution in [1.82, 2.24) is 0 Å². The number of hydrogen-bond donors (Lipinski definition) is 1. The Hall–Kier alpha value is -0.853. The normalized spacial score (nSPS) is 16.0. The van der Waals surface area contributed by atoms with Gasteiger partial charge < -0.3 is 10.2 Å². The molecular formula is C14H22F3NOSi. The van der Waals surface area contributed by atoms with Crippen LogP contribution >= 0.6 is 0 Å². The smallest absolute Gasteiger partial charge is 0.409 e. The fraction of sp³-hybridized carbons (Fsp3) is 0.571. The molecule has 0 heterocycles. The van der Waals surface area contributed by atoms with Gasteiger partial charge in [-0.25, -0.2) is 0 Å². The van der Waals surface area contributed by atoms with Gasteiger partial charge >= 0.3 is 6.18 Å². The van der Waals surface area contributed by atoms with Gasteiger partial charge in [0.1, 0.15) is 0 Å². The monoisotopic (exact) mass is 305 g/mol. The summed E-state index contributed by atoms with van der Waals surface area (Å²) in [5.41, 5.74) is 6.10. The van der Waals surface area contributed by atoms with Crippen LogP contribution in [0.4, 0.5) is 13.2 Å². The molecule has 1 aromatic carbocycles. The molecule has 0 saturated heterocycles. The largest absolute Gasteiger partial charge is 0.416 e. The first-order chi connectivity index (χ1) is 9.04. The molecule has 2 atom stereocenters. The van der Waals surface area contributed by atoms with Crippen LogP contribution in [0, 0.1) is 0 Å². The van der Waals surface area contributed by atoms with E-state index in [1.807, 2.05) is 26.6 Å². The van der Waals surface area contributed by atoms with E-state index in [4.69, 9.17) is 10.2 Å². The van der Waals surface area contributed by atoms with Gasteiger partial charge in [-0.3, -0.25) is 0 Å². The minimum absolute atomic E-state index is 0.224. The molecule has 2 unspecified atom stereocenters. The Morgan fingerprint density at radius 1 is 1.15 bits per heavy atom. The van der Waals surface area contributed by atoms with Crippen LogP contribution in [0.25, 0.3) is 0 Å². The lowest BCUT2D eigenvalue weighted by molar-refractivity contribution is -0.137. The van der Waals surface area contributed by atoms with Gasteiger partial charge in [0.05, 0.1) is 11.7 Å². The standard InChI is InChI=1S/C14H22F3NOSi/c1-5-12(18)13(19-20(2,3)4)10-6-8-11(9-7-10)14(15,16)17/h6-9,12-13H,5,18H2,1-4H3. The lowest BCUT2D eigenvalue weighted by Crippen LogP contribution is -2.37. The van der Waals surface area contributed by atoms with Crippen molar-refractivity contribution in [2.45, 2.75) is 51.3 Å². The van der Waals surface area contributed by atoms with E-state index >= 15 is 0 Å². The third-order valence-corrected chi connectivity index (χ3v) is 3.87. The molecule has 20 heavy (non-hydrogen) atoms. The molecule has 0 radical (unpaired) electrons. The third kappa shape index (κ3) is 4.92. The van der Waals surface area contributed by atoms with Crippen molar-refractivity contribution in [3.05, 3.63) is 35.4 Å². The maximum atomic E-state index is 12.6. The molecule has 2 nitrogen and oxygen atoms in total. The van der Waals surface area contributed by atoms with Gasteiger partial charge in [0.15, 0.2) is 8.32 Å². The average Bonchev–Trinajstić information content (AvgIpc) is 2.33. The zero-order valence-electron chi connectivity index (χ0n) is 12.3. The first-order valence-corrected chi connectivity index (χ1v) is 10.1. The summed E-state index contributed by atoms with van der Waals surface area (Å²) in [4.78, 5) is 0. The topological polar surface area (TPSA) is 35.2 Å². The van der Waals surface area contributed by atoms with Gasteiger partial charge in [-0.2, -0.15) is 13.2 Å². The molecule has 0 aliphatic rings. The van der Waals surface area contributed by atoms with Crippen LogP contribution < -0.4 is 5.73 Å². The highest BCUT2D eigenvalue weighted by Crippen LogP contribution is 2.32. The number of alkyl halides is 3. The number of nitrogens with two attached hydrogens (primary N) is 1. The summed E-state index contributed by atoms with van der Waals surface area (Å²) >= 11 is 0. The Kier molecular flexibility index (Phi) is 5.40. The highest BCUT2D eigenvalue weighted by atomic mass is 28.4. The summed E-state index contributed by atoms with van der Waals surface area (Å²) in [6, 6.07) is 4.86. The van der Waals surface area contributed by atoms with Crippen LogP contribution in [0.3, 0.4) is 0 Å². The molecule has 0 aromatic heterocycles. The molecular weight excluding hydrogens is 283 g/mol. The van der Waals surface area contributed by atoms with Crippen molar-refractivity contribution in [3.63, 3.8) is 0 Å². The van der Waals surface area contributed by atoms with Gasteiger partial charge in [0, 0.05) is 6.04 Å². The lowest BCUT2D eigenvalue weighted by atomic mass is 10.00. The number of hydrogen-bond acceptors (Lipinski definition) is 2. The van der Waals surface area contributed by atoms with Crippen molar-refractivity contribution in [2.24, 2.45) is 5.73 Å². The second-order valence-electron chi connectivity index (χ2n) is 5.84. The van der Waals surface area contributed by atoms with Crippen LogP contribution in [0.5, 0.6) is 0 Å². The molecule has 0 spiro atoms. The Bertz CT molecular complexity index is 426. The van der Waals surface area contributed by atoms with E-state index in [1.165, 1.54) is 12.1 Å². The summed E-state index contributed by atoms with van der Waals surface area (Å²) in [6.45, 7) is 8.04. The summed E-state index contributed by atoms with van der Waals surface area (Å²) in [5.74, 6) is 0. The van der Waals surface area contributed by atoms with Crippen molar-refractivity contribution in [1.29, 1.82) is 0 Å². The minimum atomic E-state index is -4.32. The van der Waals surface area contributed by atoms with Gasteiger partial charge in [0.25, 0.3) is 0 Å². The first-order valence-electron chi connectivity index (χ1n) is 6.65. The molecule has 1 rings (SSSR count). The molecule has 0 saturated carbocycles. The first kappa shape index (κ1) is 17.2. The van der Waals surface area contributed by atoms with E-state index in [0.717, 1.165) is 12.1 Å². The number of rotatable bonds is 5. The average molecular weight is 305 g/mol. The molecule has 0 amide bonds.